The number of furan rings is 1. The predicted molar refractivity (Wildman–Crippen MR) is 106 cm³/mol. The number of carbonyl (C=O) groups excluding carboxylic acids is 1. The van der Waals surface area contributed by atoms with Crippen molar-refractivity contribution in [3.63, 3.8) is 0 Å². The minimum Gasteiger partial charge on any atom is -0.449 e. The van der Waals surface area contributed by atoms with E-state index in [2.05, 4.69) is 15.3 Å². The predicted octanol–water partition coefficient (Wildman–Crippen LogP) is 4.00. The molecule has 1 aromatic carbocycles. The summed E-state index contributed by atoms with van der Waals surface area (Å²) >= 11 is 0. The number of sulfone groups is 1. The molecule has 0 fully saturated rings. The highest BCUT2D eigenvalue weighted by atomic mass is 32.2. The van der Waals surface area contributed by atoms with Crippen LogP contribution in [0.1, 0.15) is 21.7 Å². The van der Waals surface area contributed by atoms with Crippen LogP contribution in [-0.2, 0) is 22.6 Å². The van der Waals surface area contributed by atoms with E-state index >= 15 is 0 Å². The van der Waals surface area contributed by atoms with E-state index in [-0.39, 0.29) is 17.2 Å². The summed E-state index contributed by atoms with van der Waals surface area (Å²) in [6.45, 7) is 0.104. The van der Waals surface area contributed by atoms with Crippen LogP contribution in [0.4, 0.5) is 13.2 Å². The average Bonchev–Trinajstić information content (AvgIpc) is 3.22. The van der Waals surface area contributed by atoms with Crippen molar-refractivity contribution >= 4 is 26.7 Å². The summed E-state index contributed by atoms with van der Waals surface area (Å²) in [4.78, 5) is 19.5. The minimum absolute atomic E-state index is 0.104. The summed E-state index contributed by atoms with van der Waals surface area (Å²) in [5.41, 5.74) is 0.0443. The fourth-order valence-electron chi connectivity index (χ4n) is 2.88. The molecular weight excluding hydrogens is 447 g/mol. The standard InChI is InChI=1S/C21H14F3N3O4S/c22-21(23,24)15-3-6-19(26-11-15)32(29,30)16-4-1-13(2-5-16)10-27-20(28)17-9-14-7-8-25-12-18(14)31-17/h1-9,11-12H,10H2,(H,27,28). The summed E-state index contributed by atoms with van der Waals surface area (Å²) in [5, 5.41) is 2.90. The number of halogens is 3. The van der Waals surface area contributed by atoms with Crippen LogP contribution in [0.15, 0.2) is 81.5 Å². The quantitative estimate of drug-likeness (QED) is 0.482. The lowest BCUT2D eigenvalue weighted by Crippen LogP contribution is -2.22. The highest BCUT2D eigenvalue weighted by molar-refractivity contribution is 7.91. The van der Waals surface area contributed by atoms with Crippen LogP contribution in [-0.4, -0.2) is 24.3 Å². The molecular formula is C21H14F3N3O4S. The molecule has 7 nitrogen and oxygen atoms in total. The topological polar surface area (TPSA) is 102 Å². The Morgan fingerprint density at radius 2 is 1.78 bits per heavy atom. The van der Waals surface area contributed by atoms with Crippen molar-refractivity contribution in [1.29, 1.82) is 0 Å². The van der Waals surface area contributed by atoms with Crippen molar-refractivity contribution in [2.24, 2.45) is 0 Å². The van der Waals surface area contributed by atoms with Crippen molar-refractivity contribution in [3.8, 4) is 0 Å². The Bertz CT molecular complexity index is 1350. The molecule has 0 bridgehead atoms. The van der Waals surface area contributed by atoms with Crippen molar-refractivity contribution in [1.82, 2.24) is 15.3 Å². The van der Waals surface area contributed by atoms with E-state index in [1.807, 2.05) is 0 Å². The molecule has 0 radical (unpaired) electrons. The van der Waals surface area contributed by atoms with Gasteiger partial charge in [0, 0.05) is 24.3 Å². The maximum absolute atomic E-state index is 12.6. The number of nitrogens with zero attached hydrogens (tertiary/aromatic N) is 2. The Morgan fingerprint density at radius 1 is 1.03 bits per heavy atom. The van der Waals surface area contributed by atoms with Gasteiger partial charge in [-0.25, -0.2) is 13.4 Å². The Labute approximate surface area is 179 Å². The number of rotatable bonds is 5. The molecule has 0 spiro atoms. The van der Waals surface area contributed by atoms with Crippen LogP contribution in [0.3, 0.4) is 0 Å². The SMILES string of the molecule is O=C(NCc1ccc(S(=O)(=O)c2ccc(C(F)(F)F)cn2)cc1)c1cc2ccncc2o1. The summed E-state index contributed by atoms with van der Waals surface area (Å²) in [6.07, 6.45) is -1.06. The van der Waals surface area contributed by atoms with Gasteiger partial charge >= 0.3 is 6.18 Å². The number of fused-ring (bicyclic) bond motifs is 1. The molecule has 0 atom stereocenters. The summed E-state index contributed by atoms with van der Waals surface area (Å²) in [5.74, 6) is -0.340. The van der Waals surface area contributed by atoms with Crippen LogP contribution in [0.5, 0.6) is 0 Å². The zero-order chi connectivity index (χ0) is 22.9. The third kappa shape index (κ3) is 4.33. The number of aromatic nitrogens is 2. The molecule has 11 heteroatoms. The zero-order valence-electron chi connectivity index (χ0n) is 16.1. The molecule has 1 N–H and O–H groups in total. The average molecular weight is 461 g/mol. The van der Waals surface area contributed by atoms with E-state index in [0.29, 0.717) is 23.4 Å². The number of pyridine rings is 2. The molecule has 0 aliphatic carbocycles. The molecule has 0 aliphatic rings. The fraction of sp³-hybridized carbons (Fsp3) is 0.0952. The molecule has 3 heterocycles. The van der Waals surface area contributed by atoms with E-state index in [9.17, 15) is 26.4 Å². The first-order valence-electron chi connectivity index (χ1n) is 9.13. The number of alkyl halides is 3. The van der Waals surface area contributed by atoms with Gasteiger partial charge in [0.1, 0.15) is 0 Å². The first-order valence-corrected chi connectivity index (χ1v) is 10.6. The van der Waals surface area contributed by atoms with Gasteiger partial charge in [0.25, 0.3) is 5.91 Å². The number of hydrogen-bond donors (Lipinski definition) is 1. The number of amides is 1. The van der Waals surface area contributed by atoms with Gasteiger partial charge in [-0.2, -0.15) is 13.2 Å². The molecule has 4 rings (SSSR count). The second-order valence-electron chi connectivity index (χ2n) is 6.74. The van der Waals surface area contributed by atoms with Gasteiger partial charge in [-0.3, -0.25) is 9.78 Å². The van der Waals surface area contributed by atoms with Gasteiger partial charge in [0.15, 0.2) is 16.4 Å². The lowest BCUT2D eigenvalue weighted by Gasteiger charge is -2.08. The van der Waals surface area contributed by atoms with E-state index < -0.39 is 32.5 Å². The first-order chi connectivity index (χ1) is 15.1. The Hall–Kier alpha value is -3.73. The molecule has 4 aromatic rings. The third-order valence-corrected chi connectivity index (χ3v) is 6.26. The number of hydrogen-bond acceptors (Lipinski definition) is 6. The molecule has 0 unspecified atom stereocenters. The normalized spacial score (nSPS) is 12.1. The fourth-order valence-corrected chi connectivity index (χ4v) is 4.05. The first kappa shape index (κ1) is 21.5. The van der Waals surface area contributed by atoms with Crippen LogP contribution in [0.2, 0.25) is 0 Å². The monoisotopic (exact) mass is 461 g/mol. The molecule has 0 aliphatic heterocycles. The minimum atomic E-state index is -4.61. The zero-order valence-corrected chi connectivity index (χ0v) is 16.9. The van der Waals surface area contributed by atoms with E-state index in [1.54, 1.807) is 18.3 Å². The molecule has 3 aromatic heterocycles. The van der Waals surface area contributed by atoms with Crippen molar-refractivity contribution < 1.29 is 30.8 Å². The number of carbonyl (C=O) groups is 1. The van der Waals surface area contributed by atoms with Gasteiger partial charge in [-0.1, -0.05) is 12.1 Å². The highest BCUT2D eigenvalue weighted by Gasteiger charge is 2.31. The maximum atomic E-state index is 12.6. The largest absolute Gasteiger partial charge is 0.449 e. The molecule has 164 valence electrons. The lowest BCUT2D eigenvalue weighted by molar-refractivity contribution is -0.137. The molecule has 32 heavy (non-hydrogen) atoms. The van der Waals surface area contributed by atoms with Gasteiger partial charge in [0.05, 0.1) is 16.7 Å². The third-order valence-electron chi connectivity index (χ3n) is 4.57. The Kier molecular flexibility index (Phi) is 5.43. The Morgan fingerprint density at radius 3 is 2.41 bits per heavy atom. The van der Waals surface area contributed by atoms with E-state index in [4.69, 9.17) is 4.42 Å². The second-order valence-corrected chi connectivity index (χ2v) is 8.63. The number of benzene rings is 1. The van der Waals surface area contributed by atoms with Crippen molar-refractivity contribution in [3.05, 3.63) is 84.0 Å². The Balaban J connectivity index is 1.44. The molecule has 0 saturated carbocycles. The van der Waals surface area contributed by atoms with Crippen LogP contribution < -0.4 is 5.32 Å². The molecule has 1 amide bonds. The summed E-state index contributed by atoms with van der Waals surface area (Å²) < 4.78 is 68.6. The van der Waals surface area contributed by atoms with Gasteiger partial charge in [-0.05, 0) is 42.0 Å². The van der Waals surface area contributed by atoms with Gasteiger partial charge in [-0.15, -0.1) is 0 Å². The highest BCUT2D eigenvalue weighted by Crippen LogP contribution is 2.29. The van der Waals surface area contributed by atoms with Crippen molar-refractivity contribution in [2.75, 3.05) is 0 Å². The van der Waals surface area contributed by atoms with Gasteiger partial charge < -0.3 is 9.73 Å². The van der Waals surface area contributed by atoms with E-state index in [1.165, 1.54) is 30.5 Å². The summed E-state index contributed by atoms with van der Waals surface area (Å²) in [7, 11) is -4.09. The number of nitrogens with one attached hydrogen (secondary N) is 1. The second kappa shape index (κ2) is 8.08. The van der Waals surface area contributed by atoms with Crippen molar-refractivity contribution in [2.45, 2.75) is 22.6 Å². The molecule has 0 saturated heterocycles. The van der Waals surface area contributed by atoms with Gasteiger partial charge in [0.2, 0.25) is 9.84 Å². The maximum Gasteiger partial charge on any atom is 0.417 e. The van der Waals surface area contributed by atoms with Crippen LogP contribution in [0, 0.1) is 0 Å². The summed E-state index contributed by atoms with van der Waals surface area (Å²) in [6, 6.07) is 10.3. The lowest BCUT2D eigenvalue weighted by atomic mass is 10.2. The van der Waals surface area contributed by atoms with Crippen LogP contribution >= 0.6 is 0 Å². The van der Waals surface area contributed by atoms with E-state index in [0.717, 1.165) is 11.5 Å². The smallest absolute Gasteiger partial charge is 0.417 e. The van der Waals surface area contributed by atoms with Crippen LogP contribution in [0.25, 0.3) is 11.0 Å².